The minimum absolute atomic E-state index is 0.0624. The monoisotopic (exact) mass is 276 g/mol. The van der Waals surface area contributed by atoms with Gasteiger partial charge in [-0.3, -0.25) is 4.90 Å². The van der Waals surface area contributed by atoms with Crippen LogP contribution in [0.2, 0.25) is 0 Å². The third kappa shape index (κ3) is 3.21. The summed E-state index contributed by atoms with van der Waals surface area (Å²) in [6.07, 6.45) is 5.11. The van der Waals surface area contributed by atoms with Crippen LogP contribution in [-0.4, -0.2) is 30.1 Å². The molecule has 0 bridgehead atoms. The first kappa shape index (κ1) is 14.0. The second-order valence-electron chi connectivity index (χ2n) is 6.32. The van der Waals surface area contributed by atoms with Crippen molar-refractivity contribution >= 4 is 0 Å². The number of hydrogen-bond acceptors (Lipinski definition) is 2. The Labute approximate surface area is 121 Å². The summed E-state index contributed by atoms with van der Waals surface area (Å²) < 4.78 is 13.9. The zero-order chi connectivity index (χ0) is 13.9. The highest BCUT2D eigenvalue weighted by molar-refractivity contribution is 5.17. The Kier molecular flexibility index (Phi) is 4.37. The third-order valence-corrected chi connectivity index (χ3v) is 4.67. The number of rotatable bonds is 5. The highest BCUT2D eigenvalue weighted by Crippen LogP contribution is 2.37. The first-order valence-electron chi connectivity index (χ1n) is 7.98. The number of nitrogens with one attached hydrogen (secondary N) is 1. The SMILES string of the molecule is CCCC1CN(Cc2ccccc2F)C(C2CC2)CN1. The maximum absolute atomic E-state index is 13.9. The zero-order valence-corrected chi connectivity index (χ0v) is 12.3. The first-order valence-corrected chi connectivity index (χ1v) is 7.98. The second kappa shape index (κ2) is 6.23. The molecule has 20 heavy (non-hydrogen) atoms. The summed E-state index contributed by atoms with van der Waals surface area (Å²) in [5.41, 5.74) is 0.843. The predicted octanol–water partition coefficient (Wildman–Crippen LogP) is 3.18. The summed E-state index contributed by atoms with van der Waals surface area (Å²) in [6.45, 7) is 5.12. The van der Waals surface area contributed by atoms with Gasteiger partial charge in [0, 0.05) is 37.3 Å². The zero-order valence-electron chi connectivity index (χ0n) is 12.3. The number of halogens is 1. The molecule has 0 aromatic heterocycles. The van der Waals surface area contributed by atoms with Crippen LogP contribution >= 0.6 is 0 Å². The smallest absolute Gasteiger partial charge is 0.127 e. The summed E-state index contributed by atoms with van der Waals surface area (Å²) in [4.78, 5) is 2.52. The molecule has 1 N–H and O–H groups in total. The molecule has 0 amide bonds. The van der Waals surface area contributed by atoms with Gasteiger partial charge in [0.05, 0.1) is 0 Å². The Morgan fingerprint density at radius 2 is 2.10 bits per heavy atom. The first-order chi connectivity index (χ1) is 9.78. The molecule has 1 saturated heterocycles. The molecule has 3 rings (SSSR count). The minimum Gasteiger partial charge on any atom is -0.311 e. The van der Waals surface area contributed by atoms with Crippen molar-refractivity contribution in [2.75, 3.05) is 13.1 Å². The highest BCUT2D eigenvalue weighted by Gasteiger charge is 2.38. The van der Waals surface area contributed by atoms with Crippen LogP contribution in [0.4, 0.5) is 4.39 Å². The van der Waals surface area contributed by atoms with Gasteiger partial charge in [-0.25, -0.2) is 4.39 Å². The molecular formula is C17H25FN2. The summed E-state index contributed by atoms with van der Waals surface area (Å²) in [5, 5.41) is 3.69. The lowest BCUT2D eigenvalue weighted by Crippen LogP contribution is -2.56. The van der Waals surface area contributed by atoms with Crippen molar-refractivity contribution in [3.05, 3.63) is 35.6 Å². The molecule has 2 nitrogen and oxygen atoms in total. The molecule has 1 aromatic rings. The van der Waals surface area contributed by atoms with Gasteiger partial charge in [0.15, 0.2) is 0 Å². The Bertz CT molecular complexity index is 444. The maximum atomic E-state index is 13.9. The Morgan fingerprint density at radius 1 is 1.30 bits per heavy atom. The van der Waals surface area contributed by atoms with E-state index in [4.69, 9.17) is 0 Å². The minimum atomic E-state index is -0.0624. The Morgan fingerprint density at radius 3 is 2.80 bits per heavy atom. The van der Waals surface area contributed by atoms with Gasteiger partial charge in [-0.15, -0.1) is 0 Å². The molecule has 3 heteroatoms. The Balaban J connectivity index is 1.70. The molecule has 0 spiro atoms. The van der Waals surface area contributed by atoms with Gasteiger partial charge in [0.2, 0.25) is 0 Å². The van der Waals surface area contributed by atoms with E-state index in [0.29, 0.717) is 12.1 Å². The van der Waals surface area contributed by atoms with Crippen LogP contribution in [0, 0.1) is 11.7 Å². The normalized spacial score (nSPS) is 27.7. The molecule has 1 aliphatic heterocycles. The third-order valence-electron chi connectivity index (χ3n) is 4.67. The van der Waals surface area contributed by atoms with Gasteiger partial charge in [-0.05, 0) is 31.2 Å². The van der Waals surface area contributed by atoms with Crippen LogP contribution < -0.4 is 5.32 Å². The number of hydrogen-bond donors (Lipinski definition) is 1. The van der Waals surface area contributed by atoms with Gasteiger partial charge in [0.1, 0.15) is 5.82 Å². The molecule has 2 atom stereocenters. The molecule has 0 radical (unpaired) electrons. The van der Waals surface area contributed by atoms with E-state index in [0.717, 1.165) is 31.1 Å². The van der Waals surface area contributed by atoms with E-state index in [2.05, 4.69) is 17.1 Å². The highest BCUT2D eigenvalue weighted by atomic mass is 19.1. The van der Waals surface area contributed by atoms with E-state index >= 15 is 0 Å². The predicted molar refractivity (Wildman–Crippen MR) is 80.0 cm³/mol. The van der Waals surface area contributed by atoms with Crippen LogP contribution in [-0.2, 0) is 6.54 Å². The van der Waals surface area contributed by atoms with Crippen LogP contribution in [0.15, 0.2) is 24.3 Å². The summed E-state index contributed by atoms with van der Waals surface area (Å²) in [6, 6.07) is 8.39. The lowest BCUT2D eigenvalue weighted by atomic mass is 10.0. The summed E-state index contributed by atoms with van der Waals surface area (Å²) in [7, 11) is 0. The number of nitrogens with zero attached hydrogens (tertiary/aromatic N) is 1. The van der Waals surface area contributed by atoms with Crippen LogP contribution in [0.25, 0.3) is 0 Å². The largest absolute Gasteiger partial charge is 0.311 e. The molecule has 1 aromatic carbocycles. The van der Waals surface area contributed by atoms with Crippen LogP contribution in [0.5, 0.6) is 0 Å². The number of benzene rings is 1. The van der Waals surface area contributed by atoms with Gasteiger partial charge >= 0.3 is 0 Å². The van der Waals surface area contributed by atoms with Crippen molar-refractivity contribution in [1.29, 1.82) is 0 Å². The quantitative estimate of drug-likeness (QED) is 0.888. The van der Waals surface area contributed by atoms with Crippen molar-refractivity contribution < 1.29 is 4.39 Å². The topological polar surface area (TPSA) is 15.3 Å². The van der Waals surface area contributed by atoms with Crippen molar-refractivity contribution in [3.63, 3.8) is 0 Å². The van der Waals surface area contributed by atoms with Gasteiger partial charge in [-0.1, -0.05) is 31.5 Å². The fourth-order valence-corrected chi connectivity index (χ4v) is 3.41. The van der Waals surface area contributed by atoms with Crippen molar-refractivity contribution in [2.45, 2.75) is 51.2 Å². The fourth-order valence-electron chi connectivity index (χ4n) is 3.41. The van der Waals surface area contributed by atoms with E-state index < -0.39 is 0 Å². The molecule has 110 valence electrons. The van der Waals surface area contributed by atoms with Crippen molar-refractivity contribution in [3.8, 4) is 0 Å². The van der Waals surface area contributed by atoms with E-state index in [9.17, 15) is 4.39 Å². The average molecular weight is 276 g/mol. The van der Waals surface area contributed by atoms with Crippen LogP contribution in [0.1, 0.15) is 38.2 Å². The van der Waals surface area contributed by atoms with E-state index in [1.807, 2.05) is 12.1 Å². The van der Waals surface area contributed by atoms with Crippen LogP contribution in [0.3, 0.4) is 0 Å². The van der Waals surface area contributed by atoms with E-state index in [1.54, 1.807) is 12.1 Å². The van der Waals surface area contributed by atoms with Crippen molar-refractivity contribution in [1.82, 2.24) is 10.2 Å². The molecular weight excluding hydrogens is 251 g/mol. The summed E-state index contributed by atoms with van der Waals surface area (Å²) >= 11 is 0. The fraction of sp³-hybridized carbons (Fsp3) is 0.647. The average Bonchev–Trinajstić information content (AvgIpc) is 3.27. The summed E-state index contributed by atoms with van der Waals surface area (Å²) in [5.74, 6) is 0.768. The lowest BCUT2D eigenvalue weighted by Gasteiger charge is -2.41. The number of piperazine rings is 1. The molecule has 1 aliphatic carbocycles. The lowest BCUT2D eigenvalue weighted by molar-refractivity contribution is 0.103. The molecule has 1 heterocycles. The molecule has 2 unspecified atom stereocenters. The van der Waals surface area contributed by atoms with Crippen molar-refractivity contribution in [2.24, 2.45) is 5.92 Å². The maximum Gasteiger partial charge on any atom is 0.127 e. The molecule has 1 saturated carbocycles. The van der Waals surface area contributed by atoms with Gasteiger partial charge < -0.3 is 5.32 Å². The van der Waals surface area contributed by atoms with E-state index in [1.165, 1.54) is 25.7 Å². The van der Waals surface area contributed by atoms with E-state index in [-0.39, 0.29) is 5.82 Å². The molecule has 2 fully saturated rings. The Hall–Kier alpha value is -0.930. The van der Waals surface area contributed by atoms with Gasteiger partial charge in [-0.2, -0.15) is 0 Å². The second-order valence-corrected chi connectivity index (χ2v) is 6.32. The standard InChI is InChI=1S/C17H25FN2/c1-2-5-15-12-20(17(10-19-15)13-8-9-13)11-14-6-3-4-7-16(14)18/h3-4,6-7,13,15,17,19H,2,5,8-12H2,1H3. The van der Waals surface area contributed by atoms with Gasteiger partial charge in [0.25, 0.3) is 0 Å². The molecule has 2 aliphatic rings.